The zero-order valence-electron chi connectivity index (χ0n) is 22.4. The number of nitrogens with one attached hydrogen (secondary N) is 1. The van der Waals surface area contributed by atoms with Gasteiger partial charge in [-0.1, -0.05) is 143 Å². The Bertz CT molecular complexity index is 385. The molecule has 3 nitrogen and oxygen atoms in total. The van der Waals surface area contributed by atoms with E-state index in [1.165, 1.54) is 116 Å². The molecule has 0 heterocycles. The highest BCUT2D eigenvalue weighted by molar-refractivity contribution is 5.76. The number of unbranched alkanes of at least 4 members (excludes halogenated alkanes) is 18. The first kappa shape index (κ1) is 31.4. The summed E-state index contributed by atoms with van der Waals surface area (Å²) < 4.78 is 0. The Kier molecular flexibility index (Phi) is 24.6. The van der Waals surface area contributed by atoms with E-state index in [4.69, 9.17) is 5.73 Å². The smallest absolute Gasteiger partial charge is 0.220 e. The highest BCUT2D eigenvalue weighted by Gasteiger charge is 2.17. The highest BCUT2D eigenvalue weighted by Crippen LogP contribution is 2.15. The Morgan fingerprint density at radius 1 is 0.594 bits per heavy atom. The maximum atomic E-state index is 12.1. The number of hydrogen-bond acceptors (Lipinski definition) is 2. The largest absolute Gasteiger partial charge is 0.352 e. The molecule has 0 aromatic carbocycles. The van der Waals surface area contributed by atoms with Gasteiger partial charge in [-0.15, -0.1) is 0 Å². The molecule has 0 aromatic heterocycles. The van der Waals surface area contributed by atoms with Crippen molar-refractivity contribution in [2.24, 2.45) is 5.73 Å². The van der Waals surface area contributed by atoms with Gasteiger partial charge in [0.25, 0.3) is 0 Å². The lowest BCUT2D eigenvalue weighted by molar-refractivity contribution is -0.122. The van der Waals surface area contributed by atoms with Crippen LogP contribution >= 0.6 is 0 Å². The van der Waals surface area contributed by atoms with Gasteiger partial charge in [0.2, 0.25) is 5.91 Å². The van der Waals surface area contributed by atoms with Crippen molar-refractivity contribution in [3.8, 4) is 0 Å². The van der Waals surface area contributed by atoms with Crippen molar-refractivity contribution in [1.82, 2.24) is 5.32 Å². The van der Waals surface area contributed by atoms with E-state index in [-0.39, 0.29) is 18.0 Å². The van der Waals surface area contributed by atoms with E-state index in [0.29, 0.717) is 6.42 Å². The van der Waals surface area contributed by atoms with Crippen molar-refractivity contribution in [3.05, 3.63) is 0 Å². The quantitative estimate of drug-likeness (QED) is 0.136. The van der Waals surface area contributed by atoms with Crippen molar-refractivity contribution >= 4 is 5.91 Å². The zero-order valence-corrected chi connectivity index (χ0v) is 22.4. The molecule has 0 bridgehead atoms. The van der Waals surface area contributed by atoms with Crippen LogP contribution in [0.2, 0.25) is 0 Å². The van der Waals surface area contributed by atoms with Crippen LogP contribution in [0.25, 0.3) is 0 Å². The van der Waals surface area contributed by atoms with Crippen molar-refractivity contribution in [2.45, 2.75) is 181 Å². The zero-order chi connectivity index (χ0) is 23.7. The third kappa shape index (κ3) is 21.3. The van der Waals surface area contributed by atoms with Crippen LogP contribution in [0.1, 0.15) is 168 Å². The van der Waals surface area contributed by atoms with Crippen molar-refractivity contribution < 1.29 is 4.79 Å². The normalized spacial score (nSPS) is 13.2. The number of carbonyl (C=O) groups is 1. The fraction of sp³-hybridized carbons (Fsp3) is 0.966. The van der Waals surface area contributed by atoms with Gasteiger partial charge >= 0.3 is 0 Å². The van der Waals surface area contributed by atoms with Crippen LogP contribution in [-0.2, 0) is 4.79 Å². The van der Waals surface area contributed by atoms with E-state index >= 15 is 0 Å². The Hall–Kier alpha value is -0.570. The summed E-state index contributed by atoms with van der Waals surface area (Å²) in [7, 11) is 0. The van der Waals surface area contributed by atoms with Gasteiger partial charge in [-0.2, -0.15) is 0 Å². The SMILES string of the molecule is CCCCCCCCCCCCCCCCCCCCCC(=O)NC(CC)C(N)CCC. The van der Waals surface area contributed by atoms with Gasteiger partial charge in [-0.3, -0.25) is 4.79 Å². The standard InChI is InChI=1S/C29H60N2O/c1-4-7-8-9-10-11-12-13-14-15-16-17-18-19-20-21-22-23-24-26-29(32)31-28(6-3)27(30)25-5-2/h27-28H,4-26,30H2,1-3H3,(H,31,32). The molecule has 0 rings (SSSR count). The van der Waals surface area contributed by atoms with Crippen LogP contribution in [0, 0.1) is 0 Å². The molecule has 0 aliphatic heterocycles. The third-order valence-electron chi connectivity index (χ3n) is 6.93. The number of nitrogens with two attached hydrogens (primary N) is 1. The molecule has 1 amide bonds. The average molecular weight is 453 g/mol. The first-order chi connectivity index (χ1) is 15.7. The summed E-state index contributed by atoms with van der Waals surface area (Å²) >= 11 is 0. The second kappa shape index (κ2) is 25.1. The maximum Gasteiger partial charge on any atom is 0.220 e. The fourth-order valence-corrected chi connectivity index (χ4v) is 4.69. The molecule has 0 saturated carbocycles. The summed E-state index contributed by atoms with van der Waals surface area (Å²) in [5.41, 5.74) is 6.18. The summed E-state index contributed by atoms with van der Waals surface area (Å²) in [6.45, 7) is 6.55. The monoisotopic (exact) mass is 452 g/mol. The fourth-order valence-electron chi connectivity index (χ4n) is 4.69. The summed E-state index contributed by atoms with van der Waals surface area (Å²) in [4.78, 5) is 12.1. The summed E-state index contributed by atoms with van der Waals surface area (Å²) in [5.74, 6) is 0.190. The van der Waals surface area contributed by atoms with Crippen LogP contribution in [-0.4, -0.2) is 18.0 Å². The lowest BCUT2D eigenvalue weighted by atomic mass is 10.0. The second-order valence-electron chi connectivity index (χ2n) is 10.1. The van der Waals surface area contributed by atoms with Gasteiger partial charge in [-0.25, -0.2) is 0 Å². The molecule has 3 heteroatoms. The minimum absolute atomic E-state index is 0.0963. The van der Waals surface area contributed by atoms with Crippen LogP contribution in [0.3, 0.4) is 0 Å². The van der Waals surface area contributed by atoms with Crippen LogP contribution in [0.15, 0.2) is 0 Å². The van der Waals surface area contributed by atoms with Crippen molar-refractivity contribution in [1.29, 1.82) is 0 Å². The molecule has 0 fully saturated rings. The Morgan fingerprint density at radius 3 is 1.31 bits per heavy atom. The lowest BCUT2D eigenvalue weighted by Gasteiger charge is -2.23. The number of hydrogen-bond donors (Lipinski definition) is 2. The highest BCUT2D eigenvalue weighted by atomic mass is 16.1. The Labute approximate surface area is 202 Å². The molecule has 0 radical (unpaired) electrons. The summed E-state index contributed by atoms with van der Waals surface area (Å²) in [6, 6.07) is 0.238. The number of rotatable bonds is 25. The first-order valence-corrected chi connectivity index (χ1v) is 14.7. The molecule has 0 aromatic rings. The number of carbonyl (C=O) groups excluding carboxylic acids is 1. The van der Waals surface area contributed by atoms with Gasteiger partial charge in [0, 0.05) is 18.5 Å². The van der Waals surface area contributed by atoms with Crippen molar-refractivity contribution in [3.63, 3.8) is 0 Å². The van der Waals surface area contributed by atoms with Gasteiger partial charge in [-0.05, 0) is 19.3 Å². The molecule has 32 heavy (non-hydrogen) atoms. The third-order valence-corrected chi connectivity index (χ3v) is 6.93. The van der Waals surface area contributed by atoms with E-state index in [1.807, 2.05) is 0 Å². The van der Waals surface area contributed by atoms with Crippen LogP contribution < -0.4 is 11.1 Å². The minimum atomic E-state index is 0.0963. The molecule has 2 unspecified atom stereocenters. The van der Waals surface area contributed by atoms with E-state index < -0.39 is 0 Å². The predicted molar refractivity (Wildman–Crippen MR) is 143 cm³/mol. The Balaban J connectivity index is 3.30. The predicted octanol–water partition coefficient (Wildman–Crippen LogP) is 8.83. The minimum Gasteiger partial charge on any atom is -0.352 e. The average Bonchev–Trinajstić information content (AvgIpc) is 2.79. The van der Waals surface area contributed by atoms with Gasteiger partial charge in [0.1, 0.15) is 0 Å². The first-order valence-electron chi connectivity index (χ1n) is 14.7. The summed E-state index contributed by atoms with van der Waals surface area (Å²) in [5, 5.41) is 3.15. The molecule has 2 atom stereocenters. The van der Waals surface area contributed by atoms with E-state index in [9.17, 15) is 4.79 Å². The molecular weight excluding hydrogens is 392 g/mol. The molecule has 3 N–H and O–H groups in total. The lowest BCUT2D eigenvalue weighted by Crippen LogP contribution is -2.47. The molecule has 0 aliphatic rings. The van der Waals surface area contributed by atoms with Gasteiger partial charge in [0.05, 0.1) is 0 Å². The molecule has 192 valence electrons. The maximum absolute atomic E-state index is 12.1. The van der Waals surface area contributed by atoms with Crippen molar-refractivity contribution in [2.75, 3.05) is 0 Å². The van der Waals surface area contributed by atoms with E-state index in [0.717, 1.165) is 25.7 Å². The van der Waals surface area contributed by atoms with Crippen LogP contribution in [0.4, 0.5) is 0 Å². The van der Waals surface area contributed by atoms with Gasteiger partial charge < -0.3 is 11.1 Å². The number of amides is 1. The van der Waals surface area contributed by atoms with E-state index in [1.54, 1.807) is 0 Å². The molecule has 0 spiro atoms. The molecular formula is C29H60N2O. The topological polar surface area (TPSA) is 55.1 Å². The van der Waals surface area contributed by atoms with Crippen LogP contribution in [0.5, 0.6) is 0 Å². The Morgan fingerprint density at radius 2 is 0.969 bits per heavy atom. The second-order valence-corrected chi connectivity index (χ2v) is 10.1. The molecule has 0 saturated heterocycles. The van der Waals surface area contributed by atoms with E-state index in [2.05, 4.69) is 26.1 Å². The van der Waals surface area contributed by atoms with Gasteiger partial charge in [0.15, 0.2) is 0 Å². The summed E-state index contributed by atoms with van der Waals surface area (Å²) in [6.07, 6.45) is 29.9. The molecule has 0 aliphatic carbocycles.